The molecule has 4 aromatic carbocycles. The van der Waals surface area contributed by atoms with Gasteiger partial charge >= 0.3 is 6.18 Å². The second kappa shape index (κ2) is 10.5. The highest BCUT2D eigenvalue weighted by Gasteiger charge is 2.34. The maximum Gasteiger partial charge on any atom is 0.419 e. The van der Waals surface area contributed by atoms with Crippen LogP contribution in [0.15, 0.2) is 91.0 Å². The van der Waals surface area contributed by atoms with Crippen LogP contribution in [0.1, 0.15) is 28.7 Å². The van der Waals surface area contributed by atoms with Crippen molar-refractivity contribution in [1.29, 1.82) is 0 Å². The van der Waals surface area contributed by atoms with Gasteiger partial charge in [-0.3, -0.25) is 0 Å². The van der Waals surface area contributed by atoms with E-state index in [1.165, 1.54) is 17.7 Å². The first-order valence-corrected chi connectivity index (χ1v) is 11.9. The van der Waals surface area contributed by atoms with E-state index in [1.807, 2.05) is 48.5 Å². The number of rotatable bonds is 7. The van der Waals surface area contributed by atoms with Crippen molar-refractivity contribution in [3.63, 3.8) is 0 Å². The summed E-state index contributed by atoms with van der Waals surface area (Å²) in [6.45, 7) is 2.07. The van der Waals surface area contributed by atoms with E-state index in [9.17, 15) is 13.2 Å². The summed E-state index contributed by atoms with van der Waals surface area (Å²) in [7, 11) is 0. The van der Waals surface area contributed by atoms with Crippen LogP contribution in [0, 0.1) is 0 Å². The Labute approximate surface area is 208 Å². The summed E-state index contributed by atoms with van der Waals surface area (Å²) in [5.41, 5.74) is 3.30. The summed E-state index contributed by atoms with van der Waals surface area (Å²) < 4.78 is 51.8. The summed E-state index contributed by atoms with van der Waals surface area (Å²) in [5.74, 6) is 0.617. The summed E-state index contributed by atoms with van der Waals surface area (Å²) in [4.78, 5) is 0. The van der Waals surface area contributed by atoms with E-state index in [2.05, 4.69) is 23.5 Å². The third kappa shape index (κ3) is 5.55. The minimum atomic E-state index is -4.47. The molecule has 1 aliphatic rings. The molecule has 36 heavy (non-hydrogen) atoms. The molecule has 1 heterocycles. The van der Waals surface area contributed by atoms with Crippen molar-refractivity contribution in [2.75, 3.05) is 13.1 Å². The summed E-state index contributed by atoms with van der Waals surface area (Å²) in [6.07, 6.45) is -1.45. The molecule has 0 fully saturated rings. The molecule has 0 saturated heterocycles. The highest BCUT2D eigenvalue weighted by atomic mass is 19.4. The van der Waals surface area contributed by atoms with Gasteiger partial charge in [-0.15, -0.1) is 0 Å². The Hall–Kier alpha value is -3.77. The second-order valence-corrected chi connectivity index (χ2v) is 8.76. The van der Waals surface area contributed by atoms with Crippen molar-refractivity contribution >= 4 is 16.3 Å². The van der Waals surface area contributed by atoms with Gasteiger partial charge in [-0.2, -0.15) is 13.2 Å². The van der Waals surface area contributed by atoms with Crippen LogP contribution in [0.25, 0.3) is 16.3 Å². The first-order chi connectivity index (χ1) is 17.5. The summed E-state index contributed by atoms with van der Waals surface area (Å²) in [5, 5.41) is 5.59. The van der Waals surface area contributed by atoms with E-state index in [0.717, 1.165) is 58.8 Å². The molecule has 0 unspecified atom stereocenters. The van der Waals surface area contributed by atoms with Gasteiger partial charge in [0.15, 0.2) is 0 Å². The van der Waals surface area contributed by atoms with Gasteiger partial charge in [0.2, 0.25) is 0 Å². The highest BCUT2D eigenvalue weighted by molar-refractivity contribution is 5.83. The minimum absolute atomic E-state index is 0.0391. The van der Waals surface area contributed by atoms with Crippen molar-refractivity contribution < 1.29 is 22.6 Å². The number of ether oxygens (including phenoxy) is 2. The van der Waals surface area contributed by atoms with E-state index >= 15 is 0 Å². The standard InChI is InChI=1S/C30H26F3NO2/c31-30(32,33)28-7-3-4-8-29(28)36-19-21-9-10-25(27(17-21)23-13-15-34-16-14-23)20-35-26-12-11-22-5-1-2-6-24(22)18-26/h1-13,17-18,34H,14-16,19-20H2. The Morgan fingerprint density at radius 1 is 0.778 bits per heavy atom. The lowest BCUT2D eigenvalue weighted by atomic mass is 9.94. The van der Waals surface area contributed by atoms with Crippen molar-refractivity contribution in [2.24, 2.45) is 0 Å². The zero-order chi connectivity index (χ0) is 25.0. The molecule has 184 valence electrons. The lowest BCUT2D eigenvalue weighted by molar-refractivity contribution is -0.139. The van der Waals surface area contributed by atoms with Crippen molar-refractivity contribution in [2.45, 2.75) is 25.8 Å². The lowest BCUT2D eigenvalue weighted by Gasteiger charge is -2.20. The minimum Gasteiger partial charge on any atom is -0.489 e. The first kappa shape index (κ1) is 23.9. The number of para-hydroxylation sites is 1. The fourth-order valence-corrected chi connectivity index (χ4v) is 4.41. The Morgan fingerprint density at radius 2 is 1.58 bits per heavy atom. The molecule has 0 aromatic heterocycles. The average Bonchev–Trinajstić information content (AvgIpc) is 2.91. The summed E-state index contributed by atoms with van der Waals surface area (Å²) in [6, 6.07) is 25.3. The van der Waals surface area contributed by atoms with E-state index in [1.54, 1.807) is 6.07 Å². The fourth-order valence-electron chi connectivity index (χ4n) is 4.41. The molecular weight excluding hydrogens is 463 g/mol. The fraction of sp³-hybridized carbons (Fsp3) is 0.200. The van der Waals surface area contributed by atoms with Gasteiger partial charge in [0, 0.05) is 6.54 Å². The monoisotopic (exact) mass is 489 g/mol. The number of fused-ring (bicyclic) bond motifs is 1. The molecular formula is C30H26F3NO2. The van der Waals surface area contributed by atoms with Gasteiger partial charge in [0.05, 0.1) is 5.56 Å². The second-order valence-electron chi connectivity index (χ2n) is 8.76. The lowest BCUT2D eigenvalue weighted by Crippen LogP contribution is -2.20. The zero-order valence-corrected chi connectivity index (χ0v) is 19.6. The van der Waals surface area contributed by atoms with E-state index in [4.69, 9.17) is 9.47 Å². The molecule has 0 radical (unpaired) electrons. The summed E-state index contributed by atoms with van der Waals surface area (Å²) >= 11 is 0. The van der Waals surface area contributed by atoms with Crippen LogP contribution in [0.3, 0.4) is 0 Å². The Balaban J connectivity index is 1.37. The van der Waals surface area contributed by atoms with E-state index in [-0.39, 0.29) is 12.4 Å². The first-order valence-electron chi connectivity index (χ1n) is 11.9. The van der Waals surface area contributed by atoms with Crippen LogP contribution >= 0.6 is 0 Å². The molecule has 6 heteroatoms. The van der Waals surface area contributed by atoms with E-state index < -0.39 is 11.7 Å². The molecule has 5 rings (SSSR count). The Morgan fingerprint density at radius 3 is 2.39 bits per heavy atom. The van der Waals surface area contributed by atoms with Crippen molar-refractivity contribution in [3.05, 3.63) is 113 Å². The van der Waals surface area contributed by atoms with Gasteiger partial charge in [-0.25, -0.2) is 0 Å². The molecule has 1 N–H and O–H groups in total. The zero-order valence-electron chi connectivity index (χ0n) is 19.6. The van der Waals surface area contributed by atoms with Crippen LogP contribution in [0.2, 0.25) is 0 Å². The Kier molecular flexibility index (Phi) is 6.96. The number of alkyl halides is 3. The van der Waals surface area contributed by atoms with Crippen molar-refractivity contribution in [3.8, 4) is 11.5 Å². The number of nitrogens with one attached hydrogen (secondary N) is 1. The largest absolute Gasteiger partial charge is 0.489 e. The quantitative estimate of drug-likeness (QED) is 0.294. The number of hydrogen-bond acceptors (Lipinski definition) is 3. The Bertz CT molecular complexity index is 1390. The van der Waals surface area contributed by atoms with Gasteiger partial charge in [0.1, 0.15) is 24.7 Å². The maximum absolute atomic E-state index is 13.3. The maximum atomic E-state index is 13.3. The molecule has 0 saturated carbocycles. The van der Waals surface area contributed by atoms with Gasteiger partial charge < -0.3 is 14.8 Å². The van der Waals surface area contributed by atoms with Gasteiger partial charge in [-0.05, 0) is 76.3 Å². The predicted octanol–water partition coefficient (Wildman–Crippen LogP) is 7.39. The normalized spacial score (nSPS) is 13.9. The SMILES string of the molecule is FC(F)(F)c1ccccc1OCc1ccc(COc2ccc3ccccc3c2)c(C2=CCNCC2)c1. The topological polar surface area (TPSA) is 30.5 Å². The van der Waals surface area contributed by atoms with Crippen LogP contribution in [-0.4, -0.2) is 13.1 Å². The number of hydrogen-bond donors (Lipinski definition) is 1. The molecule has 0 amide bonds. The van der Waals surface area contributed by atoms with Gasteiger partial charge in [0.25, 0.3) is 0 Å². The molecule has 3 nitrogen and oxygen atoms in total. The van der Waals surface area contributed by atoms with E-state index in [0.29, 0.717) is 6.61 Å². The number of benzene rings is 4. The third-order valence-corrected chi connectivity index (χ3v) is 6.29. The number of halogens is 3. The average molecular weight is 490 g/mol. The van der Waals surface area contributed by atoms with Gasteiger partial charge in [-0.1, -0.05) is 60.7 Å². The third-order valence-electron chi connectivity index (χ3n) is 6.29. The van der Waals surface area contributed by atoms with Crippen LogP contribution in [0.4, 0.5) is 13.2 Å². The van der Waals surface area contributed by atoms with Crippen LogP contribution in [0.5, 0.6) is 11.5 Å². The highest BCUT2D eigenvalue weighted by Crippen LogP contribution is 2.36. The molecule has 4 aromatic rings. The van der Waals surface area contributed by atoms with Crippen LogP contribution in [-0.2, 0) is 19.4 Å². The van der Waals surface area contributed by atoms with Crippen LogP contribution < -0.4 is 14.8 Å². The molecule has 0 spiro atoms. The smallest absolute Gasteiger partial charge is 0.419 e. The predicted molar refractivity (Wildman–Crippen MR) is 136 cm³/mol. The molecule has 0 atom stereocenters. The molecule has 1 aliphatic heterocycles. The van der Waals surface area contributed by atoms with Crippen molar-refractivity contribution in [1.82, 2.24) is 5.32 Å². The molecule has 0 bridgehead atoms. The molecule has 0 aliphatic carbocycles.